The van der Waals surface area contributed by atoms with Crippen molar-refractivity contribution >= 4 is 5.57 Å². The minimum absolute atomic E-state index is 0.114. The molecule has 0 saturated heterocycles. The van der Waals surface area contributed by atoms with Crippen LogP contribution in [0.1, 0.15) is 53.5 Å². The summed E-state index contributed by atoms with van der Waals surface area (Å²) >= 11 is -0.765. The summed E-state index contributed by atoms with van der Waals surface area (Å²) in [6.07, 6.45) is 10.6. The first kappa shape index (κ1) is 20.6. The molecule has 0 aliphatic heterocycles. The summed E-state index contributed by atoms with van der Waals surface area (Å²) in [5.74, 6) is 1.46. The van der Waals surface area contributed by atoms with Crippen molar-refractivity contribution < 1.29 is 28.0 Å². The molecule has 3 rings (SSSR count). The maximum absolute atomic E-state index is 5.78. The van der Waals surface area contributed by atoms with Crippen LogP contribution >= 0.6 is 0 Å². The van der Waals surface area contributed by atoms with Gasteiger partial charge in [0, 0.05) is 0 Å². The minimum atomic E-state index is -0.765. The molecule has 1 aromatic rings. The zero-order valence-electron chi connectivity index (χ0n) is 17.8. The molecule has 0 amide bonds. The fourth-order valence-electron chi connectivity index (χ4n) is 4.15. The van der Waals surface area contributed by atoms with Crippen molar-refractivity contribution in [3.63, 3.8) is 0 Å². The van der Waals surface area contributed by atoms with Crippen LogP contribution in [-0.4, -0.2) is 7.11 Å². The van der Waals surface area contributed by atoms with Gasteiger partial charge in [-0.15, -0.1) is 0 Å². The SMILES string of the molecule is COc1ccccc1C1=C(C(C)(C)C)C=[C]([Zr][C]2=CC=CC2)C1C(C)(C)C. The fraction of sp³-hybridized carbons (Fsp3) is 0.440. The van der Waals surface area contributed by atoms with Gasteiger partial charge in [0.25, 0.3) is 0 Å². The molecule has 0 heterocycles. The molecular weight excluding hydrogens is 407 g/mol. The van der Waals surface area contributed by atoms with E-state index in [2.05, 4.69) is 90.1 Å². The Hall–Kier alpha value is -1.14. The number of hydrogen-bond acceptors (Lipinski definition) is 1. The van der Waals surface area contributed by atoms with Crippen molar-refractivity contribution in [2.24, 2.45) is 16.7 Å². The Bertz CT molecular complexity index is 838. The Morgan fingerprint density at radius 2 is 1.74 bits per heavy atom. The van der Waals surface area contributed by atoms with E-state index in [0.29, 0.717) is 5.92 Å². The molecule has 142 valence electrons. The van der Waals surface area contributed by atoms with Crippen molar-refractivity contribution in [3.8, 4) is 5.75 Å². The summed E-state index contributed by atoms with van der Waals surface area (Å²) in [4.78, 5) is 0. The quantitative estimate of drug-likeness (QED) is 0.491. The van der Waals surface area contributed by atoms with Crippen LogP contribution in [0.25, 0.3) is 5.57 Å². The Morgan fingerprint density at radius 3 is 2.30 bits per heavy atom. The van der Waals surface area contributed by atoms with E-state index in [0.717, 1.165) is 12.2 Å². The van der Waals surface area contributed by atoms with Crippen LogP contribution < -0.4 is 4.74 Å². The summed E-state index contributed by atoms with van der Waals surface area (Å²) in [5.41, 5.74) is 4.56. The molecule has 2 aliphatic rings. The number of methoxy groups -OCH3 is 1. The van der Waals surface area contributed by atoms with Gasteiger partial charge in [-0.3, -0.25) is 0 Å². The van der Waals surface area contributed by atoms with Crippen molar-refractivity contribution in [2.75, 3.05) is 7.11 Å². The molecule has 2 heteroatoms. The molecule has 0 aromatic heterocycles. The standard InChI is InChI=1S/C20H27O.C5H5.Zr/c1-19(2,3)15-12-13-16(20(4,5)6)18(15)14-10-8-9-11-17(14)21-7;1-2-4-5-3-1;/h8-12,16H,1-7H3;1-3H,4H2;. The van der Waals surface area contributed by atoms with E-state index in [1.165, 1.54) is 16.7 Å². The predicted molar refractivity (Wildman–Crippen MR) is 112 cm³/mol. The normalized spacial score (nSPS) is 20.0. The number of rotatable bonds is 4. The van der Waals surface area contributed by atoms with Gasteiger partial charge < -0.3 is 0 Å². The van der Waals surface area contributed by atoms with E-state index in [9.17, 15) is 0 Å². The third kappa shape index (κ3) is 4.32. The van der Waals surface area contributed by atoms with E-state index in [1.807, 2.05) is 0 Å². The number of ether oxygens (including phenoxy) is 1. The average Bonchev–Trinajstić information content (AvgIpc) is 3.21. The number of allylic oxidation sites excluding steroid dienone is 8. The van der Waals surface area contributed by atoms with E-state index in [-0.39, 0.29) is 10.8 Å². The van der Waals surface area contributed by atoms with Crippen molar-refractivity contribution in [1.29, 1.82) is 0 Å². The van der Waals surface area contributed by atoms with Gasteiger partial charge in [0.05, 0.1) is 0 Å². The van der Waals surface area contributed by atoms with Gasteiger partial charge >= 0.3 is 177 Å². The van der Waals surface area contributed by atoms with Gasteiger partial charge in [0.2, 0.25) is 0 Å². The van der Waals surface area contributed by atoms with Crippen molar-refractivity contribution in [3.05, 3.63) is 66.3 Å². The number of hydrogen-bond donors (Lipinski definition) is 0. The van der Waals surface area contributed by atoms with Gasteiger partial charge in [-0.05, 0) is 0 Å². The molecule has 0 saturated carbocycles. The van der Waals surface area contributed by atoms with Gasteiger partial charge in [-0.2, -0.15) is 0 Å². The van der Waals surface area contributed by atoms with Gasteiger partial charge in [0.1, 0.15) is 0 Å². The fourth-order valence-corrected chi connectivity index (χ4v) is 8.35. The first-order valence-corrected chi connectivity index (χ1v) is 12.3. The van der Waals surface area contributed by atoms with Gasteiger partial charge in [0.15, 0.2) is 0 Å². The van der Waals surface area contributed by atoms with Crippen LogP contribution in [0.5, 0.6) is 5.75 Å². The van der Waals surface area contributed by atoms with Crippen LogP contribution in [0.2, 0.25) is 0 Å². The summed E-state index contributed by atoms with van der Waals surface area (Å²) in [7, 11) is 1.79. The van der Waals surface area contributed by atoms with E-state index in [1.54, 1.807) is 13.7 Å². The Kier molecular flexibility index (Phi) is 5.88. The Labute approximate surface area is 176 Å². The molecule has 27 heavy (non-hydrogen) atoms. The Balaban J connectivity index is 2.17. The van der Waals surface area contributed by atoms with Crippen LogP contribution in [0.15, 0.2) is 60.7 Å². The van der Waals surface area contributed by atoms with E-state index < -0.39 is 23.2 Å². The maximum atomic E-state index is 5.78. The first-order chi connectivity index (χ1) is 12.6. The van der Waals surface area contributed by atoms with Crippen molar-refractivity contribution in [2.45, 2.75) is 48.0 Å². The second kappa shape index (κ2) is 7.71. The average molecular weight is 440 g/mol. The number of para-hydroxylation sites is 1. The molecule has 2 aliphatic carbocycles. The molecule has 1 aromatic carbocycles. The van der Waals surface area contributed by atoms with E-state index >= 15 is 0 Å². The molecule has 0 bridgehead atoms. The first-order valence-electron chi connectivity index (χ1n) is 9.85. The summed E-state index contributed by atoms with van der Waals surface area (Å²) in [6.45, 7) is 14.2. The third-order valence-electron chi connectivity index (χ3n) is 5.34. The third-order valence-corrected chi connectivity index (χ3v) is 8.81. The number of benzene rings is 1. The monoisotopic (exact) mass is 438 g/mol. The van der Waals surface area contributed by atoms with E-state index in [4.69, 9.17) is 4.74 Å². The topological polar surface area (TPSA) is 9.23 Å². The second-order valence-corrected chi connectivity index (χ2v) is 13.2. The van der Waals surface area contributed by atoms with Crippen LogP contribution in [-0.2, 0) is 23.2 Å². The molecule has 1 atom stereocenters. The van der Waals surface area contributed by atoms with Gasteiger partial charge in [-0.1, -0.05) is 0 Å². The van der Waals surface area contributed by atoms with Crippen LogP contribution in [0, 0.1) is 16.7 Å². The zero-order chi connectivity index (χ0) is 19.8. The molecular formula is C25H32OZr. The second-order valence-electron chi connectivity index (χ2n) is 9.63. The van der Waals surface area contributed by atoms with Gasteiger partial charge in [-0.25, -0.2) is 0 Å². The molecule has 0 fully saturated rings. The zero-order valence-corrected chi connectivity index (χ0v) is 20.3. The molecule has 1 unspecified atom stereocenters. The van der Waals surface area contributed by atoms with Crippen molar-refractivity contribution in [1.82, 2.24) is 0 Å². The molecule has 0 radical (unpaired) electrons. The molecule has 1 nitrogen and oxygen atoms in total. The summed E-state index contributed by atoms with van der Waals surface area (Å²) in [5, 5.41) is 0. The van der Waals surface area contributed by atoms with Crippen LogP contribution in [0.4, 0.5) is 0 Å². The summed E-state index contributed by atoms with van der Waals surface area (Å²) < 4.78 is 9.19. The molecule has 0 N–H and O–H groups in total. The summed E-state index contributed by atoms with van der Waals surface area (Å²) in [6, 6.07) is 8.56. The molecule has 0 spiro atoms. The predicted octanol–water partition coefficient (Wildman–Crippen LogP) is 6.98. The van der Waals surface area contributed by atoms with Crippen LogP contribution in [0.3, 0.4) is 0 Å². The Morgan fingerprint density at radius 1 is 1.04 bits per heavy atom.